The molecule has 0 spiro atoms. The van der Waals surface area contributed by atoms with Crippen molar-refractivity contribution in [2.45, 2.75) is 24.0 Å². The lowest BCUT2D eigenvalue weighted by Gasteiger charge is -2.39. The van der Waals surface area contributed by atoms with E-state index >= 15 is 0 Å². The van der Waals surface area contributed by atoms with Crippen LogP contribution in [0.2, 0.25) is 0 Å². The average Bonchev–Trinajstić information content (AvgIpc) is 2.53. The molecule has 1 aromatic rings. The first-order valence-corrected chi connectivity index (χ1v) is 8.07. The molecule has 1 aromatic heterocycles. The molecule has 20 heavy (non-hydrogen) atoms. The Bertz CT molecular complexity index is 444. The molecule has 0 aromatic carbocycles. The lowest BCUT2D eigenvalue weighted by Crippen LogP contribution is -2.50. The Morgan fingerprint density at radius 3 is 2.85 bits per heavy atom. The first kappa shape index (κ1) is 15.1. The van der Waals surface area contributed by atoms with Crippen LogP contribution in [-0.2, 0) is 6.42 Å². The average molecular weight is 294 g/mol. The normalized spacial score (nSPS) is 19.9. The van der Waals surface area contributed by atoms with Gasteiger partial charge in [-0.05, 0) is 50.2 Å². The van der Waals surface area contributed by atoms with Crippen LogP contribution < -0.4 is 5.73 Å². The van der Waals surface area contributed by atoms with Crippen molar-refractivity contribution in [2.24, 2.45) is 10.9 Å². The van der Waals surface area contributed by atoms with Crippen molar-refractivity contribution in [1.82, 2.24) is 9.88 Å². The van der Waals surface area contributed by atoms with Crippen LogP contribution in [-0.4, -0.2) is 51.6 Å². The zero-order valence-corrected chi connectivity index (χ0v) is 12.6. The number of rotatable bonds is 5. The summed E-state index contributed by atoms with van der Waals surface area (Å²) in [5.41, 5.74) is 7.13. The summed E-state index contributed by atoms with van der Waals surface area (Å²) in [5, 5.41) is 12.2. The highest BCUT2D eigenvalue weighted by atomic mass is 32.2. The fraction of sp³-hybridized carbons (Fsp3) is 0.571. The van der Waals surface area contributed by atoms with E-state index < -0.39 is 0 Å². The smallest absolute Gasteiger partial charge is 0.155 e. The van der Waals surface area contributed by atoms with Crippen molar-refractivity contribution in [2.75, 3.05) is 25.9 Å². The number of nitrogens with two attached hydrogens (primary N) is 1. The van der Waals surface area contributed by atoms with Crippen molar-refractivity contribution in [3.8, 4) is 0 Å². The fourth-order valence-electron chi connectivity index (χ4n) is 2.63. The van der Waals surface area contributed by atoms with Crippen molar-refractivity contribution in [3.63, 3.8) is 0 Å². The minimum atomic E-state index is -0.195. The Morgan fingerprint density at radius 2 is 2.30 bits per heavy atom. The Morgan fingerprint density at radius 1 is 1.55 bits per heavy atom. The summed E-state index contributed by atoms with van der Waals surface area (Å²) in [5.74, 6) is 0.358. The third kappa shape index (κ3) is 3.43. The SMILES string of the molecule is CSC1(C(N)=NO)CCN(CCc2cccnc2)CC1. The van der Waals surface area contributed by atoms with E-state index in [0.717, 1.165) is 38.9 Å². The van der Waals surface area contributed by atoms with Crippen LogP contribution >= 0.6 is 11.8 Å². The molecule has 2 rings (SSSR count). The number of nitrogens with zero attached hydrogens (tertiary/aromatic N) is 3. The van der Waals surface area contributed by atoms with Gasteiger partial charge in [0.1, 0.15) is 0 Å². The highest BCUT2D eigenvalue weighted by molar-refractivity contribution is 8.00. The van der Waals surface area contributed by atoms with E-state index in [1.54, 1.807) is 18.0 Å². The minimum absolute atomic E-state index is 0.195. The van der Waals surface area contributed by atoms with Gasteiger partial charge in [-0.1, -0.05) is 11.2 Å². The van der Waals surface area contributed by atoms with Crippen LogP contribution in [0, 0.1) is 0 Å². The maximum absolute atomic E-state index is 8.93. The van der Waals surface area contributed by atoms with Crippen molar-refractivity contribution in [3.05, 3.63) is 30.1 Å². The van der Waals surface area contributed by atoms with Crippen molar-refractivity contribution in [1.29, 1.82) is 0 Å². The van der Waals surface area contributed by atoms with Crippen LogP contribution in [0.1, 0.15) is 18.4 Å². The molecular formula is C14H22N4OS. The summed E-state index contributed by atoms with van der Waals surface area (Å²) in [6, 6.07) is 4.09. The molecule has 1 saturated heterocycles. The molecule has 1 fully saturated rings. The minimum Gasteiger partial charge on any atom is -0.409 e. The molecule has 6 heteroatoms. The van der Waals surface area contributed by atoms with Gasteiger partial charge >= 0.3 is 0 Å². The van der Waals surface area contributed by atoms with Crippen LogP contribution in [0.25, 0.3) is 0 Å². The summed E-state index contributed by atoms with van der Waals surface area (Å²) >= 11 is 1.69. The van der Waals surface area contributed by atoms with Gasteiger partial charge in [0, 0.05) is 18.9 Å². The quantitative estimate of drug-likeness (QED) is 0.373. The van der Waals surface area contributed by atoms with E-state index in [-0.39, 0.29) is 4.75 Å². The number of piperidine rings is 1. The number of pyridine rings is 1. The zero-order chi connectivity index (χ0) is 14.4. The topological polar surface area (TPSA) is 74.7 Å². The summed E-state index contributed by atoms with van der Waals surface area (Å²) in [6.45, 7) is 3.00. The molecule has 0 radical (unpaired) electrons. The predicted octanol–water partition coefficient (Wildman–Crippen LogP) is 1.57. The Kier molecular flexibility index (Phi) is 5.25. The van der Waals surface area contributed by atoms with E-state index in [4.69, 9.17) is 10.9 Å². The van der Waals surface area contributed by atoms with Crippen LogP contribution in [0.5, 0.6) is 0 Å². The molecule has 3 N–H and O–H groups in total. The van der Waals surface area contributed by atoms with Gasteiger partial charge in [0.2, 0.25) is 0 Å². The van der Waals surface area contributed by atoms with Gasteiger partial charge in [0.15, 0.2) is 5.84 Å². The molecule has 0 atom stereocenters. The standard InChI is InChI=1S/C14H22N4OS/c1-20-14(13(15)17-19)5-9-18(10-6-14)8-4-12-3-2-7-16-11-12/h2-3,7,11,19H,4-6,8-10H2,1H3,(H2,15,17). The zero-order valence-electron chi connectivity index (χ0n) is 11.8. The van der Waals surface area contributed by atoms with Crippen LogP contribution in [0.3, 0.4) is 0 Å². The maximum atomic E-state index is 8.93. The van der Waals surface area contributed by atoms with E-state index in [0.29, 0.717) is 5.84 Å². The van der Waals surface area contributed by atoms with Crippen molar-refractivity contribution >= 4 is 17.6 Å². The second-order valence-electron chi connectivity index (χ2n) is 5.14. The van der Waals surface area contributed by atoms with Gasteiger partial charge in [0.25, 0.3) is 0 Å². The Labute approximate surface area is 124 Å². The van der Waals surface area contributed by atoms with Gasteiger partial charge in [-0.15, -0.1) is 0 Å². The molecule has 0 aliphatic carbocycles. The van der Waals surface area contributed by atoms with Gasteiger partial charge in [0.05, 0.1) is 4.75 Å². The molecule has 5 nitrogen and oxygen atoms in total. The summed E-state index contributed by atoms with van der Waals surface area (Å²) in [7, 11) is 0. The van der Waals surface area contributed by atoms with Crippen LogP contribution in [0.15, 0.2) is 29.7 Å². The lowest BCUT2D eigenvalue weighted by molar-refractivity contribution is 0.219. The number of hydrogen-bond acceptors (Lipinski definition) is 5. The first-order chi connectivity index (χ1) is 9.70. The largest absolute Gasteiger partial charge is 0.409 e. The van der Waals surface area contributed by atoms with E-state index in [1.807, 2.05) is 18.5 Å². The van der Waals surface area contributed by atoms with Gasteiger partial charge in [-0.25, -0.2) is 0 Å². The van der Waals surface area contributed by atoms with E-state index in [9.17, 15) is 0 Å². The molecule has 1 aliphatic heterocycles. The van der Waals surface area contributed by atoms with Gasteiger partial charge in [-0.2, -0.15) is 11.8 Å². The summed E-state index contributed by atoms with van der Waals surface area (Å²) in [4.78, 5) is 6.57. The third-order valence-electron chi connectivity index (χ3n) is 4.07. The van der Waals surface area contributed by atoms with Crippen molar-refractivity contribution < 1.29 is 5.21 Å². The molecule has 2 heterocycles. The molecule has 0 bridgehead atoms. The number of amidine groups is 1. The summed E-state index contributed by atoms with van der Waals surface area (Å²) in [6.07, 6.45) is 8.63. The second-order valence-corrected chi connectivity index (χ2v) is 6.33. The second kappa shape index (κ2) is 6.95. The third-order valence-corrected chi connectivity index (χ3v) is 5.47. The fourth-order valence-corrected chi connectivity index (χ4v) is 3.47. The van der Waals surface area contributed by atoms with Crippen LogP contribution in [0.4, 0.5) is 0 Å². The molecule has 1 aliphatic rings. The van der Waals surface area contributed by atoms with Gasteiger partial charge in [-0.3, -0.25) is 4.98 Å². The predicted molar refractivity (Wildman–Crippen MR) is 83.3 cm³/mol. The number of aromatic nitrogens is 1. The molecule has 110 valence electrons. The number of likely N-dealkylation sites (tertiary alicyclic amines) is 1. The number of thioether (sulfide) groups is 1. The van der Waals surface area contributed by atoms with E-state index in [2.05, 4.69) is 21.1 Å². The summed E-state index contributed by atoms with van der Waals surface area (Å²) < 4.78 is -0.195. The number of oxime groups is 1. The first-order valence-electron chi connectivity index (χ1n) is 6.84. The Hall–Kier alpha value is -1.27. The monoisotopic (exact) mass is 294 g/mol. The lowest BCUT2D eigenvalue weighted by atomic mass is 9.94. The maximum Gasteiger partial charge on any atom is 0.155 e. The molecule has 0 saturated carbocycles. The van der Waals surface area contributed by atoms with E-state index in [1.165, 1.54) is 5.56 Å². The molecular weight excluding hydrogens is 272 g/mol. The molecule has 0 amide bonds. The number of hydrogen-bond donors (Lipinski definition) is 2. The highest BCUT2D eigenvalue weighted by Gasteiger charge is 2.37. The highest BCUT2D eigenvalue weighted by Crippen LogP contribution is 2.34. The Balaban J connectivity index is 1.85. The molecule has 0 unspecified atom stereocenters. The van der Waals surface area contributed by atoms with Gasteiger partial charge < -0.3 is 15.8 Å².